The van der Waals surface area contributed by atoms with Crippen LogP contribution in [0.4, 0.5) is 5.69 Å². The van der Waals surface area contributed by atoms with Gasteiger partial charge in [-0.1, -0.05) is 26.0 Å². The Morgan fingerprint density at radius 3 is 2.90 bits per heavy atom. The zero-order valence-electron chi connectivity index (χ0n) is 12.9. The van der Waals surface area contributed by atoms with Crippen LogP contribution in [-0.2, 0) is 4.79 Å². The van der Waals surface area contributed by atoms with E-state index in [4.69, 9.17) is 0 Å². The maximum Gasteiger partial charge on any atom is 0.238 e. The maximum atomic E-state index is 12.1. The van der Waals surface area contributed by atoms with Gasteiger partial charge in [-0.25, -0.2) is 0 Å². The summed E-state index contributed by atoms with van der Waals surface area (Å²) >= 11 is 0. The third kappa shape index (κ3) is 6.04. The van der Waals surface area contributed by atoms with Crippen molar-refractivity contribution in [3.05, 3.63) is 29.8 Å². The Morgan fingerprint density at radius 1 is 1.33 bits per heavy atom. The van der Waals surface area contributed by atoms with Crippen molar-refractivity contribution in [3.8, 4) is 0 Å². The van der Waals surface area contributed by atoms with Crippen LogP contribution in [0.2, 0.25) is 0 Å². The molecule has 1 heterocycles. The lowest BCUT2D eigenvalue weighted by Gasteiger charge is -2.19. The van der Waals surface area contributed by atoms with Crippen LogP contribution >= 0.6 is 12.4 Å². The Labute approximate surface area is 133 Å². The van der Waals surface area contributed by atoms with Gasteiger partial charge in [-0.05, 0) is 43.1 Å². The zero-order chi connectivity index (χ0) is 14.4. The number of hydrogen-bond donors (Lipinski definition) is 2. The van der Waals surface area contributed by atoms with E-state index in [-0.39, 0.29) is 18.3 Å². The fourth-order valence-electron chi connectivity index (χ4n) is 2.44. The molecule has 1 amide bonds. The first-order valence-electron chi connectivity index (χ1n) is 7.48. The monoisotopic (exact) mass is 311 g/mol. The fourth-order valence-corrected chi connectivity index (χ4v) is 2.44. The molecule has 0 spiro atoms. The molecule has 5 heteroatoms. The minimum absolute atomic E-state index is 0. The summed E-state index contributed by atoms with van der Waals surface area (Å²) in [6.07, 6.45) is 1.11. The second-order valence-corrected chi connectivity index (χ2v) is 5.71. The van der Waals surface area contributed by atoms with Crippen LogP contribution in [0, 0.1) is 0 Å². The number of rotatable bonds is 4. The molecule has 0 unspecified atom stereocenters. The Bertz CT molecular complexity index is 443. The summed E-state index contributed by atoms with van der Waals surface area (Å²) in [6, 6.07) is 8.11. The van der Waals surface area contributed by atoms with E-state index in [2.05, 4.69) is 41.5 Å². The van der Waals surface area contributed by atoms with Crippen LogP contribution in [0.25, 0.3) is 0 Å². The average Bonchev–Trinajstić information content (AvgIpc) is 2.67. The van der Waals surface area contributed by atoms with Gasteiger partial charge in [0.05, 0.1) is 6.54 Å². The molecule has 0 bridgehead atoms. The van der Waals surface area contributed by atoms with Crippen molar-refractivity contribution < 1.29 is 4.79 Å². The zero-order valence-corrected chi connectivity index (χ0v) is 13.7. The van der Waals surface area contributed by atoms with E-state index < -0.39 is 0 Å². The van der Waals surface area contributed by atoms with E-state index in [0.29, 0.717) is 12.5 Å². The molecular weight excluding hydrogens is 286 g/mol. The molecule has 0 aliphatic carbocycles. The van der Waals surface area contributed by atoms with Crippen LogP contribution in [0.3, 0.4) is 0 Å². The molecule has 1 aromatic rings. The lowest BCUT2D eigenvalue weighted by atomic mass is 10.0. The highest BCUT2D eigenvalue weighted by Gasteiger charge is 2.13. The number of carbonyl (C=O) groups is 1. The van der Waals surface area contributed by atoms with Crippen LogP contribution in [0.5, 0.6) is 0 Å². The first-order chi connectivity index (χ1) is 9.65. The average molecular weight is 312 g/mol. The Kier molecular flexibility index (Phi) is 7.72. The minimum Gasteiger partial charge on any atom is -0.325 e. The number of nitrogens with one attached hydrogen (secondary N) is 2. The normalized spacial score (nSPS) is 16.1. The van der Waals surface area contributed by atoms with Gasteiger partial charge in [0, 0.05) is 18.8 Å². The molecule has 0 saturated carbocycles. The Morgan fingerprint density at radius 2 is 2.14 bits per heavy atom. The summed E-state index contributed by atoms with van der Waals surface area (Å²) in [4.78, 5) is 14.3. The molecule has 1 saturated heterocycles. The molecule has 1 aliphatic heterocycles. The van der Waals surface area contributed by atoms with Gasteiger partial charge in [0.1, 0.15) is 0 Å². The van der Waals surface area contributed by atoms with E-state index in [1.165, 1.54) is 5.56 Å². The first-order valence-corrected chi connectivity index (χ1v) is 7.48. The second-order valence-electron chi connectivity index (χ2n) is 5.71. The Balaban J connectivity index is 0.00000220. The molecule has 2 N–H and O–H groups in total. The fraction of sp³-hybridized carbons (Fsp3) is 0.562. The predicted octanol–water partition coefficient (Wildman–Crippen LogP) is 2.47. The summed E-state index contributed by atoms with van der Waals surface area (Å²) in [5.41, 5.74) is 2.15. The molecular formula is C16H26ClN3O. The highest BCUT2D eigenvalue weighted by Crippen LogP contribution is 2.18. The standard InChI is InChI=1S/C16H25N3O.ClH/c1-13(2)14-5-3-6-15(11-14)18-16(20)12-19-9-4-7-17-8-10-19;/h3,5-6,11,13,17H,4,7-10,12H2,1-2H3,(H,18,20);1H. The summed E-state index contributed by atoms with van der Waals surface area (Å²) in [5, 5.41) is 6.35. The smallest absolute Gasteiger partial charge is 0.238 e. The quantitative estimate of drug-likeness (QED) is 0.898. The van der Waals surface area contributed by atoms with Crippen molar-refractivity contribution in [1.82, 2.24) is 10.2 Å². The Hall–Kier alpha value is -1.10. The molecule has 118 valence electrons. The number of nitrogens with zero attached hydrogens (tertiary/aromatic N) is 1. The topological polar surface area (TPSA) is 44.4 Å². The van der Waals surface area contributed by atoms with Crippen molar-refractivity contribution in [1.29, 1.82) is 0 Å². The number of hydrogen-bond acceptors (Lipinski definition) is 3. The lowest BCUT2D eigenvalue weighted by Crippen LogP contribution is -2.35. The van der Waals surface area contributed by atoms with E-state index in [0.717, 1.165) is 38.3 Å². The second kappa shape index (κ2) is 9.03. The largest absolute Gasteiger partial charge is 0.325 e. The number of carbonyl (C=O) groups excluding carboxylic acids is 1. The molecule has 0 aromatic heterocycles. The summed E-state index contributed by atoms with van der Waals surface area (Å²) in [5.74, 6) is 0.552. The van der Waals surface area contributed by atoms with Gasteiger partial charge in [-0.15, -0.1) is 12.4 Å². The first kappa shape index (κ1) is 18.0. The third-order valence-corrected chi connectivity index (χ3v) is 3.64. The molecule has 21 heavy (non-hydrogen) atoms. The van der Waals surface area contributed by atoms with Gasteiger partial charge in [-0.2, -0.15) is 0 Å². The molecule has 4 nitrogen and oxygen atoms in total. The predicted molar refractivity (Wildman–Crippen MR) is 90.3 cm³/mol. The van der Waals surface area contributed by atoms with Gasteiger partial charge in [0.25, 0.3) is 0 Å². The van der Waals surface area contributed by atoms with Crippen LogP contribution < -0.4 is 10.6 Å². The third-order valence-electron chi connectivity index (χ3n) is 3.64. The molecule has 0 radical (unpaired) electrons. The van der Waals surface area contributed by atoms with E-state index >= 15 is 0 Å². The van der Waals surface area contributed by atoms with Crippen molar-refractivity contribution in [2.24, 2.45) is 0 Å². The van der Waals surface area contributed by atoms with Crippen LogP contribution in [-0.4, -0.2) is 43.5 Å². The summed E-state index contributed by atoms with van der Waals surface area (Å²) in [7, 11) is 0. The van der Waals surface area contributed by atoms with E-state index in [1.807, 2.05) is 12.1 Å². The number of anilines is 1. The van der Waals surface area contributed by atoms with Crippen LogP contribution in [0.15, 0.2) is 24.3 Å². The number of benzene rings is 1. The van der Waals surface area contributed by atoms with Crippen molar-refractivity contribution >= 4 is 24.0 Å². The molecule has 0 atom stereocenters. The highest BCUT2D eigenvalue weighted by molar-refractivity contribution is 5.92. The van der Waals surface area contributed by atoms with Crippen molar-refractivity contribution in [3.63, 3.8) is 0 Å². The summed E-state index contributed by atoms with van der Waals surface area (Å²) in [6.45, 7) is 8.75. The molecule has 1 aliphatic rings. The SMILES string of the molecule is CC(C)c1cccc(NC(=O)CN2CCCNCC2)c1.Cl. The lowest BCUT2D eigenvalue weighted by molar-refractivity contribution is -0.117. The van der Waals surface area contributed by atoms with Gasteiger partial charge in [0.2, 0.25) is 5.91 Å². The van der Waals surface area contributed by atoms with Crippen molar-refractivity contribution in [2.75, 3.05) is 38.0 Å². The number of halogens is 1. The highest BCUT2D eigenvalue weighted by atomic mass is 35.5. The summed E-state index contributed by atoms with van der Waals surface area (Å²) < 4.78 is 0. The van der Waals surface area contributed by atoms with Crippen LogP contribution in [0.1, 0.15) is 31.7 Å². The van der Waals surface area contributed by atoms with E-state index in [1.54, 1.807) is 0 Å². The minimum atomic E-state index is 0. The van der Waals surface area contributed by atoms with Crippen molar-refractivity contribution in [2.45, 2.75) is 26.2 Å². The molecule has 1 aromatic carbocycles. The number of amides is 1. The van der Waals surface area contributed by atoms with Gasteiger partial charge in [-0.3, -0.25) is 9.69 Å². The maximum absolute atomic E-state index is 12.1. The molecule has 2 rings (SSSR count). The van der Waals surface area contributed by atoms with Gasteiger partial charge < -0.3 is 10.6 Å². The van der Waals surface area contributed by atoms with Gasteiger partial charge in [0.15, 0.2) is 0 Å². The molecule has 1 fully saturated rings. The van der Waals surface area contributed by atoms with Gasteiger partial charge >= 0.3 is 0 Å². The van der Waals surface area contributed by atoms with E-state index in [9.17, 15) is 4.79 Å².